The van der Waals surface area contributed by atoms with Crippen molar-refractivity contribution in [2.75, 3.05) is 19.7 Å². The van der Waals surface area contributed by atoms with Crippen molar-refractivity contribution in [3.63, 3.8) is 0 Å². The first-order chi connectivity index (χ1) is 13.3. The van der Waals surface area contributed by atoms with E-state index in [1.54, 1.807) is 15.8 Å². The van der Waals surface area contributed by atoms with Gasteiger partial charge in [-0.1, -0.05) is 40.7 Å². The first-order valence-electron chi connectivity index (χ1n) is 9.76. The summed E-state index contributed by atoms with van der Waals surface area (Å²) in [6.45, 7) is 11.2. The number of amides is 1. The van der Waals surface area contributed by atoms with Crippen LogP contribution in [0, 0.1) is 11.8 Å². The summed E-state index contributed by atoms with van der Waals surface area (Å²) >= 11 is 0. The van der Waals surface area contributed by atoms with Crippen molar-refractivity contribution in [2.45, 2.75) is 41.0 Å². The predicted octanol–water partition coefficient (Wildman–Crippen LogP) is 3.13. The summed E-state index contributed by atoms with van der Waals surface area (Å²) in [7, 11) is 0. The Hall–Kier alpha value is -2.70. The Morgan fingerprint density at radius 3 is 2.36 bits per heavy atom. The highest BCUT2D eigenvalue weighted by Crippen LogP contribution is 2.15. The van der Waals surface area contributed by atoms with Crippen molar-refractivity contribution in [3.05, 3.63) is 41.9 Å². The van der Waals surface area contributed by atoms with Crippen molar-refractivity contribution < 1.29 is 14.3 Å². The van der Waals surface area contributed by atoms with Crippen LogP contribution in [0.15, 0.2) is 30.6 Å². The van der Waals surface area contributed by atoms with Gasteiger partial charge in [0, 0.05) is 19.3 Å². The van der Waals surface area contributed by atoms with Gasteiger partial charge in [-0.15, -0.1) is 0 Å². The van der Waals surface area contributed by atoms with Crippen molar-refractivity contribution in [1.82, 2.24) is 19.7 Å². The maximum absolute atomic E-state index is 12.6. The van der Waals surface area contributed by atoms with Crippen LogP contribution in [0.25, 0.3) is 5.82 Å². The molecule has 2 aromatic rings. The third-order valence-corrected chi connectivity index (χ3v) is 4.14. The molecular weight excluding hydrogens is 356 g/mol. The highest BCUT2D eigenvalue weighted by Gasteiger charge is 2.22. The minimum absolute atomic E-state index is 0.175. The van der Waals surface area contributed by atoms with Crippen molar-refractivity contribution in [1.29, 1.82) is 0 Å². The Morgan fingerprint density at radius 2 is 1.82 bits per heavy atom. The predicted molar refractivity (Wildman–Crippen MR) is 107 cm³/mol. The molecule has 2 rings (SSSR count). The van der Waals surface area contributed by atoms with Gasteiger partial charge in [0.1, 0.15) is 5.56 Å². The average Bonchev–Trinajstić information content (AvgIpc) is 3.09. The Bertz CT molecular complexity index is 774. The number of carbonyl (C=O) groups excluding carboxylic acids is 2. The van der Waals surface area contributed by atoms with Gasteiger partial charge in [-0.25, -0.2) is 14.5 Å². The van der Waals surface area contributed by atoms with Gasteiger partial charge >= 0.3 is 5.97 Å². The second-order valence-corrected chi connectivity index (χ2v) is 7.62. The molecule has 7 heteroatoms. The van der Waals surface area contributed by atoms with E-state index in [1.807, 2.05) is 25.1 Å². The summed E-state index contributed by atoms with van der Waals surface area (Å²) in [5.41, 5.74) is 1.07. The van der Waals surface area contributed by atoms with E-state index >= 15 is 0 Å². The van der Waals surface area contributed by atoms with Crippen molar-refractivity contribution >= 4 is 11.9 Å². The number of hydrogen-bond donors (Lipinski definition) is 0. The molecule has 1 amide bonds. The average molecular weight is 386 g/mol. The lowest BCUT2D eigenvalue weighted by molar-refractivity contribution is -0.135. The van der Waals surface area contributed by atoms with Crippen molar-refractivity contribution in [3.8, 4) is 5.82 Å². The molecule has 0 N–H and O–H groups in total. The van der Waals surface area contributed by atoms with E-state index in [0.29, 0.717) is 48.4 Å². The van der Waals surface area contributed by atoms with E-state index in [9.17, 15) is 9.59 Å². The third-order valence-electron chi connectivity index (χ3n) is 4.14. The summed E-state index contributed by atoms with van der Waals surface area (Å²) in [5, 5.41) is 4.28. The minimum Gasteiger partial charge on any atom is -0.452 e. The van der Waals surface area contributed by atoms with Gasteiger partial charge in [0.15, 0.2) is 12.4 Å². The van der Waals surface area contributed by atoms with Crippen LogP contribution in [-0.2, 0) is 16.0 Å². The van der Waals surface area contributed by atoms with Gasteiger partial charge in [0.2, 0.25) is 0 Å². The van der Waals surface area contributed by atoms with Gasteiger partial charge in [-0.05, 0) is 30.4 Å². The topological polar surface area (TPSA) is 77.3 Å². The molecule has 2 heterocycles. The zero-order valence-corrected chi connectivity index (χ0v) is 17.4. The van der Waals surface area contributed by atoms with Crippen LogP contribution >= 0.6 is 0 Å². The Kier molecular flexibility index (Phi) is 7.72. The van der Waals surface area contributed by atoms with Crippen LogP contribution in [0.5, 0.6) is 0 Å². The number of rotatable bonds is 9. The summed E-state index contributed by atoms with van der Waals surface area (Å²) < 4.78 is 6.95. The van der Waals surface area contributed by atoms with E-state index in [4.69, 9.17) is 4.74 Å². The van der Waals surface area contributed by atoms with E-state index in [-0.39, 0.29) is 12.5 Å². The van der Waals surface area contributed by atoms with Crippen LogP contribution in [-0.4, -0.2) is 51.2 Å². The van der Waals surface area contributed by atoms with E-state index in [0.717, 1.165) is 0 Å². The second kappa shape index (κ2) is 10.0. The molecule has 0 aliphatic rings. The maximum Gasteiger partial charge on any atom is 0.342 e. The van der Waals surface area contributed by atoms with Gasteiger partial charge in [0.05, 0.1) is 11.9 Å². The van der Waals surface area contributed by atoms with Crippen LogP contribution in [0.3, 0.4) is 0 Å². The highest BCUT2D eigenvalue weighted by atomic mass is 16.5. The molecular formula is C21H30N4O3. The Balaban J connectivity index is 2.08. The molecule has 0 bridgehead atoms. The molecule has 0 unspecified atom stereocenters. The summed E-state index contributed by atoms with van der Waals surface area (Å²) in [6.07, 6.45) is 3.73. The number of esters is 1. The highest BCUT2D eigenvalue weighted by molar-refractivity contribution is 5.92. The lowest BCUT2D eigenvalue weighted by atomic mass is 10.1. The number of nitrogens with zero attached hydrogens (tertiary/aromatic N) is 4. The zero-order valence-electron chi connectivity index (χ0n) is 17.4. The molecule has 0 radical (unpaired) electrons. The molecule has 2 aromatic heterocycles. The third kappa shape index (κ3) is 5.65. The molecule has 0 spiro atoms. The molecule has 0 saturated heterocycles. The molecule has 7 nitrogen and oxygen atoms in total. The molecule has 152 valence electrons. The quantitative estimate of drug-likeness (QED) is 0.619. The monoisotopic (exact) mass is 386 g/mol. The summed E-state index contributed by atoms with van der Waals surface area (Å²) in [6, 6.07) is 5.50. The fraction of sp³-hybridized carbons (Fsp3) is 0.524. The minimum atomic E-state index is -0.540. The van der Waals surface area contributed by atoms with Gasteiger partial charge < -0.3 is 9.64 Å². The number of ether oxygens (including phenoxy) is 1. The van der Waals surface area contributed by atoms with Gasteiger partial charge in [-0.2, -0.15) is 5.10 Å². The van der Waals surface area contributed by atoms with Crippen LogP contribution in [0.1, 0.15) is 50.7 Å². The number of carbonyl (C=O) groups is 2. The number of hydrogen-bond acceptors (Lipinski definition) is 5. The first kappa shape index (κ1) is 21.6. The van der Waals surface area contributed by atoms with E-state index < -0.39 is 5.97 Å². The SMILES string of the molecule is CCc1c(C(=O)OCC(=O)N(CC(C)C)CC(C)C)cnn1-c1ccccn1. The fourth-order valence-corrected chi connectivity index (χ4v) is 3.02. The molecule has 0 aromatic carbocycles. The standard InChI is InChI=1S/C21H30N4O3/c1-6-18-17(11-23-25(18)19-9-7-8-10-22-19)21(27)28-14-20(26)24(12-15(2)3)13-16(4)5/h7-11,15-16H,6,12-14H2,1-5H3. The van der Waals surface area contributed by atoms with E-state index in [1.165, 1.54) is 6.20 Å². The van der Waals surface area contributed by atoms with Crippen LogP contribution < -0.4 is 0 Å². The van der Waals surface area contributed by atoms with Crippen molar-refractivity contribution in [2.24, 2.45) is 11.8 Å². The van der Waals surface area contributed by atoms with Crippen LogP contribution in [0.2, 0.25) is 0 Å². The molecule has 0 saturated carbocycles. The fourth-order valence-electron chi connectivity index (χ4n) is 3.02. The second-order valence-electron chi connectivity index (χ2n) is 7.62. The largest absolute Gasteiger partial charge is 0.452 e. The normalized spacial score (nSPS) is 11.1. The smallest absolute Gasteiger partial charge is 0.342 e. The van der Waals surface area contributed by atoms with Gasteiger partial charge in [-0.3, -0.25) is 4.79 Å². The Morgan fingerprint density at radius 1 is 1.14 bits per heavy atom. The zero-order chi connectivity index (χ0) is 20.7. The molecule has 0 atom stereocenters. The molecule has 0 fully saturated rings. The lowest BCUT2D eigenvalue weighted by Gasteiger charge is -2.26. The van der Waals surface area contributed by atoms with Crippen LogP contribution in [0.4, 0.5) is 0 Å². The lowest BCUT2D eigenvalue weighted by Crippen LogP contribution is -2.39. The summed E-state index contributed by atoms with van der Waals surface area (Å²) in [5.74, 6) is 0.616. The number of aromatic nitrogens is 3. The number of pyridine rings is 1. The molecule has 0 aliphatic heterocycles. The van der Waals surface area contributed by atoms with E-state index in [2.05, 4.69) is 37.8 Å². The molecule has 0 aliphatic carbocycles. The molecule has 28 heavy (non-hydrogen) atoms. The summed E-state index contributed by atoms with van der Waals surface area (Å²) in [4.78, 5) is 31.2. The Labute approximate surface area is 166 Å². The van der Waals surface area contributed by atoms with Gasteiger partial charge in [0.25, 0.3) is 5.91 Å². The first-order valence-corrected chi connectivity index (χ1v) is 9.76. The maximum atomic E-state index is 12.6.